The fourth-order valence-corrected chi connectivity index (χ4v) is 4.09. The van der Waals surface area contributed by atoms with E-state index in [4.69, 9.17) is 0 Å². The van der Waals surface area contributed by atoms with Crippen LogP contribution < -0.4 is 5.32 Å². The lowest BCUT2D eigenvalue weighted by molar-refractivity contribution is -0.131. The van der Waals surface area contributed by atoms with E-state index in [-0.39, 0.29) is 17.9 Å². The van der Waals surface area contributed by atoms with Crippen molar-refractivity contribution in [3.63, 3.8) is 0 Å². The van der Waals surface area contributed by atoms with Gasteiger partial charge in [0.05, 0.1) is 11.7 Å². The Morgan fingerprint density at radius 3 is 3.00 bits per heavy atom. The molecule has 1 aliphatic carbocycles. The number of carbonyl (C=O) groups is 2. The first-order valence-electron chi connectivity index (χ1n) is 8.33. The summed E-state index contributed by atoms with van der Waals surface area (Å²) in [5, 5.41) is 10.5. The molecule has 2 fully saturated rings. The van der Waals surface area contributed by atoms with Crippen molar-refractivity contribution >= 4 is 11.8 Å². The Bertz CT molecular complexity index is 593. The van der Waals surface area contributed by atoms with Gasteiger partial charge in [0.15, 0.2) is 0 Å². The number of aromatic amines is 1. The second kappa shape index (κ2) is 5.41. The third-order valence-corrected chi connectivity index (χ3v) is 5.31. The topological polar surface area (TPSA) is 78.1 Å². The molecule has 6 heteroatoms. The normalized spacial score (nSPS) is 26.7. The number of nitrogens with one attached hydrogen (secondary N) is 2. The van der Waals surface area contributed by atoms with Gasteiger partial charge in [0.1, 0.15) is 0 Å². The minimum atomic E-state index is 0.130. The molecule has 2 saturated heterocycles. The van der Waals surface area contributed by atoms with E-state index in [9.17, 15) is 9.59 Å². The zero-order chi connectivity index (χ0) is 15.1. The standard InChI is InChI=1S/C16H22N4O2/c21-15-7-10-8-20(9-14(10)17-15)16(22)6-5-13-11-3-1-2-4-12(11)18-19-13/h10,14H,1-9H2,(H,17,21)(H,18,19)/t10-,14+/m0/s1. The molecule has 2 amide bonds. The summed E-state index contributed by atoms with van der Waals surface area (Å²) in [6, 6.07) is 0.176. The van der Waals surface area contributed by atoms with E-state index < -0.39 is 0 Å². The van der Waals surface area contributed by atoms with E-state index in [1.165, 1.54) is 24.1 Å². The highest BCUT2D eigenvalue weighted by Gasteiger charge is 2.41. The molecule has 0 aromatic carbocycles. The van der Waals surface area contributed by atoms with Crippen LogP contribution in [0.3, 0.4) is 0 Å². The van der Waals surface area contributed by atoms with Crippen molar-refractivity contribution < 1.29 is 9.59 Å². The average Bonchev–Trinajstić information content (AvgIpc) is 3.17. The number of likely N-dealkylation sites (tertiary alicyclic amines) is 1. The number of carbonyl (C=O) groups excluding carboxylic acids is 2. The zero-order valence-corrected chi connectivity index (χ0v) is 12.7. The smallest absolute Gasteiger partial charge is 0.223 e. The summed E-state index contributed by atoms with van der Waals surface area (Å²) >= 11 is 0. The van der Waals surface area contributed by atoms with Gasteiger partial charge in [-0.25, -0.2) is 0 Å². The van der Waals surface area contributed by atoms with E-state index >= 15 is 0 Å². The molecular formula is C16H22N4O2. The molecule has 0 bridgehead atoms. The number of H-pyrrole nitrogens is 1. The Morgan fingerprint density at radius 1 is 1.27 bits per heavy atom. The van der Waals surface area contributed by atoms with Crippen molar-refractivity contribution in [2.45, 2.75) is 51.0 Å². The average molecular weight is 302 g/mol. The summed E-state index contributed by atoms with van der Waals surface area (Å²) < 4.78 is 0. The van der Waals surface area contributed by atoms with E-state index in [1.54, 1.807) is 0 Å². The molecule has 3 heterocycles. The van der Waals surface area contributed by atoms with Crippen molar-refractivity contribution in [3.05, 3.63) is 17.0 Å². The number of amides is 2. The Hall–Kier alpha value is -1.85. The first-order valence-corrected chi connectivity index (χ1v) is 8.33. The lowest BCUT2D eigenvalue weighted by atomic mass is 9.94. The van der Waals surface area contributed by atoms with Crippen molar-refractivity contribution in [1.82, 2.24) is 20.4 Å². The number of rotatable bonds is 3. The van der Waals surface area contributed by atoms with Crippen LogP contribution in [0.2, 0.25) is 0 Å². The molecule has 4 rings (SSSR count). The van der Waals surface area contributed by atoms with Gasteiger partial charge in [0.2, 0.25) is 11.8 Å². The van der Waals surface area contributed by atoms with Crippen molar-refractivity contribution in [2.24, 2.45) is 5.92 Å². The van der Waals surface area contributed by atoms with Gasteiger partial charge in [-0.15, -0.1) is 0 Å². The third-order valence-electron chi connectivity index (χ3n) is 5.31. The Balaban J connectivity index is 1.34. The number of aryl methyl sites for hydroxylation is 2. The van der Waals surface area contributed by atoms with Gasteiger partial charge >= 0.3 is 0 Å². The van der Waals surface area contributed by atoms with Crippen LogP contribution >= 0.6 is 0 Å². The molecule has 0 radical (unpaired) electrons. The van der Waals surface area contributed by atoms with Crippen molar-refractivity contribution in [1.29, 1.82) is 0 Å². The van der Waals surface area contributed by atoms with Gasteiger partial charge in [0.25, 0.3) is 0 Å². The van der Waals surface area contributed by atoms with Gasteiger partial charge in [-0.1, -0.05) is 0 Å². The zero-order valence-electron chi connectivity index (χ0n) is 12.7. The highest BCUT2D eigenvalue weighted by Crippen LogP contribution is 2.27. The van der Waals surface area contributed by atoms with E-state index in [0.29, 0.717) is 25.3 Å². The van der Waals surface area contributed by atoms with Crippen LogP contribution in [-0.4, -0.2) is 46.0 Å². The molecule has 3 aliphatic rings. The lowest BCUT2D eigenvalue weighted by Crippen LogP contribution is -2.35. The number of hydrogen-bond acceptors (Lipinski definition) is 3. The van der Waals surface area contributed by atoms with Crippen LogP contribution in [-0.2, 0) is 28.9 Å². The summed E-state index contributed by atoms with van der Waals surface area (Å²) in [5.74, 6) is 0.635. The molecule has 2 N–H and O–H groups in total. The second-order valence-electron chi connectivity index (χ2n) is 6.77. The summed E-state index contributed by atoms with van der Waals surface area (Å²) in [7, 11) is 0. The predicted octanol–water partition coefficient (Wildman–Crippen LogP) is 0.568. The predicted molar refractivity (Wildman–Crippen MR) is 80.2 cm³/mol. The van der Waals surface area contributed by atoms with Crippen LogP contribution in [0.1, 0.15) is 42.6 Å². The Morgan fingerprint density at radius 2 is 2.14 bits per heavy atom. The molecule has 0 saturated carbocycles. The minimum Gasteiger partial charge on any atom is -0.351 e. The quantitative estimate of drug-likeness (QED) is 0.857. The SMILES string of the molecule is O=C1C[C@H]2CN(C(=O)CCc3n[nH]c4c3CCCC4)C[C@H]2N1. The van der Waals surface area contributed by atoms with Gasteiger partial charge in [-0.05, 0) is 31.2 Å². The van der Waals surface area contributed by atoms with E-state index in [1.807, 2.05) is 4.90 Å². The van der Waals surface area contributed by atoms with Gasteiger partial charge in [-0.3, -0.25) is 14.7 Å². The van der Waals surface area contributed by atoms with Crippen LogP contribution in [0, 0.1) is 5.92 Å². The highest BCUT2D eigenvalue weighted by molar-refractivity contribution is 5.81. The summed E-state index contributed by atoms with van der Waals surface area (Å²) in [4.78, 5) is 25.6. The van der Waals surface area contributed by atoms with Crippen LogP contribution in [0.25, 0.3) is 0 Å². The van der Waals surface area contributed by atoms with Gasteiger partial charge in [0, 0.05) is 44.0 Å². The van der Waals surface area contributed by atoms with Gasteiger partial charge < -0.3 is 10.2 Å². The monoisotopic (exact) mass is 302 g/mol. The number of fused-ring (bicyclic) bond motifs is 2. The maximum atomic E-state index is 12.4. The third kappa shape index (κ3) is 2.40. The molecule has 6 nitrogen and oxygen atoms in total. The first-order chi connectivity index (χ1) is 10.7. The lowest BCUT2D eigenvalue weighted by Gasteiger charge is -2.17. The molecule has 2 atom stereocenters. The minimum absolute atomic E-state index is 0.130. The molecule has 1 aromatic heterocycles. The first kappa shape index (κ1) is 13.8. The van der Waals surface area contributed by atoms with Crippen molar-refractivity contribution in [3.8, 4) is 0 Å². The Kier molecular flexibility index (Phi) is 3.39. The second-order valence-corrected chi connectivity index (χ2v) is 6.77. The summed E-state index contributed by atoms with van der Waals surface area (Å²) in [6.07, 6.45) is 6.45. The summed E-state index contributed by atoms with van der Waals surface area (Å²) in [6.45, 7) is 1.40. The molecule has 1 aromatic rings. The number of hydrogen-bond donors (Lipinski definition) is 2. The molecule has 0 unspecified atom stereocenters. The number of nitrogens with zero attached hydrogens (tertiary/aromatic N) is 2. The van der Waals surface area contributed by atoms with E-state index in [2.05, 4.69) is 15.5 Å². The van der Waals surface area contributed by atoms with Crippen LogP contribution in [0.15, 0.2) is 0 Å². The highest BCUT2D eigenvalue weighted by atomic mass is 16.2. The Labute approximate surface area is 129 Å². The maximum absolute atomic E-state index is 12.4. The maximum Gasteiger partial charge on any atom is 0.223 e. The fourth-order valence-electron chi connectivity index (χ4n) is 4.09. The molecule has 0 spiro atoms. The largest absolute Gasteiger partial charge is 0.351 e. The summed E-state index contributed by atoms with van der Waals surface area (Å²) in [5.41, 5.74) is 3.70. The molecule has 118 valence electrons. The van der Waals surface area contributed by atoms with Crippen LogP contribution in [0.5, 0.6) is 0 Å². The molecule has 2 aliphatic heterocycles. The fraction of sp³-hybridized carbons (Fsp3) is 0.688. The number of aromatic nitrogens is 2. The van der Waals surface area contributed by atoms with E-state index in [0.717, 1.165) is 31.5 Å². The van der Waals surface area contributed by atoms with Crippen LogP contribution in [0.4, 0.5) is 0 Å². The molecular weight excluding hydrogens is 280 g/mol. The van der Waals surface area contributed by atoms with Gasteiger partial charge in [-0.2, -0.15) is 5.10 Å². The van der Waals surface area contributed by atoms with Crippen molar-refractivity contribution in [2.75, 3.05) is 13.1 Å². The molecule has 22 heavy (non-hydrogen) atoms.